The number of halogens is 1. The van der Waals surface area contributed by atoms with Gasteiger partial charge in [-0.1, -0.05) is 17.7 Å². The van der Waals surface area contributed by atoms with Crippen LogP contribution in [0, 0.1) is 13.8 Å². The Kier molecular flexibility index (Phi) is 5.15. The van der Waals surface area contributed by atoms with Crippen molar-refractivity contribution in [2.24, 2.45) is 0 Å². The van der Waals surface area contributed by atoms with Gasteiger partial charge in [0.25, 0.3) is 5.91 Å². The third-order valence-corrected chi connectivity index (χ3v) is 6.22. The first-order valence-corrected chi connectivity index (χ1v) is 10.3. The van der Waals surface area contributed by atoms with Crippen LogP contribution in [0.15, 0.2) is 24.3 Å². The molecule has 0 aliphatic carbocycles. The van der Waals surface area contributed by atoms with Crippen molar-refractivity contribution in [3.8, 4) is 0 Å². The summed E-state index contributed by atoms with van der Waals surface area (Å²) < 4.78 is 23.0. The molecular formula is C17H19ClN4O3S. The van der Waals surface area contributed by atoms with E-state index in [0.29, 0.717) is 22.9 Å². The fourth-order valence-corrected chi connectivity index (χ4v) is 4.94. The summed E-state index contributed by atoms with van der Waals surface area (Å²) in [6.45, 7) is 3.79. The number of rotatable bonds is 4. The summed E-state index contributed by atoms with van der Waals surface area (Å²) in [6, 6.07) is 6.67. The van der Waals surface area contributed by atoms with E-state index in [4.69, 9.17) is 11.6 Å². The highest BCUT2D eigenvalue weighted by Gasteiger charge is 2.28. The van der Waals surface area contributed by atoms with E-state index < -0.39 is 15.7 Å². The van der Waals surface area contributed by atoms with Gasteiger partial charge in [-0.15, -0.1) is 10.2 Å². The lowest BCUT2D eigenvalue weighted by Gasteiger charge is -2.12. The minimum Gasteiger partial charge on any atom is -0.365 e. The number of carbonyl (C=O) groups excluding carboxylic acids is 1. The molecule has 2 heterocycles. The predicted octanol–water partition coefficient (Wildman–Crippen LogP) is 2.60. The molecule has 1 aliphatic heterocycles. The fraction of sp³-hybridized carbons (Fsp3) is 0.353. The van der Waals surface area contributed by atoms with E-state index in [1.807, 2.05) is 19.9 Å². The molecule has 0 spiro atoms. The standard InChI is InChI=1S/C17H19ClN4O3S/c1-10-7-11(2)16(13(18)8-10)20-17(23)14-3-4-15(22-21-14)19-12-5-6-26(24,25)9-12/h3-4,7-8,12H,5-6,9H2,1-2H3,(H,19,22)(H,20,23). The van der Waals surface area contributed by atoms with Crippen molar-refractivity contribution in [3.63, 3.8) is 0 Å². The van der Waals surface area contributed by atoms with E-state index in [2.05, 4.69) is 20.8 Å². The van der Waals surface area contributed by atoms with E-state index in [0.717, 1.165) is 11.1 Å². The lowest BCUT2D eigenvalue weighted by molar-refractivity contribution is 0.102. The first kappa shape index (κ1) is 18.6. The van der Waals surface area contributed by atoms with Crippen LogP contribution in [0.25, 0.3) is 0 Å². The lowest BCUT2D eigenvalue weighted by atomic mass is 10.1. The number of aryl methyl sites for hydroxylation is 2. The summed E-state index contributed by atoms with van der Waals surface area (Å²) in [7, 11) is -2.97. The van der Waals surface area contributed by atoms with Gasteiger partial charge in [-0.3, -0.25) is 4.79 Å². The topological polar surface area (TPSA) is 101 Å². The molecular weight excluding hydrogens is 376 g/mol. The molecule has 2 aromatic rings. The van der Waals surface area contributed by atoms with Gasteiger partial charge >= 0.3 is 0 Å². The molecule has 1 aliphatic rings. The number of hydrogen-bond acceptors (Lipinski definition) is 6. The zero-order chi connectivity index (χ0) is 18.9. The third kappa shape index (κ3) is 4.31. The van der Waals surface area contributed by atoms with Gasteiger partial charge in [0.2, 0.25) is 0 Å². The summed E-state index contributed by atoms with van der Waals surface area (Å²) >= 11 is 6.20. The van der Waals surface area contributed by atoms with Crippen LogP contribution in [0.5, 0.6) is 0 Å². The lowest BCUT2D eigenvalue weighted by Crippen LogP contribution is -2.22. The second kappa shape index (κ2) is 7.20. The molecule has 1 fully saturated rings. The summed E-state index contributed by atoms with van der Waals surface area (Å²) in [4.78, 5) is 12.4. The minimum atomic E-state index is -2.97. The van der Waals surface area contributed by atoms with Gasteiger partial charge < -0.3 is 10.6 Å². The fourth-order valence-electron chi connectivity index (χ4n) is 2.90. The summed E-state index contributed by atoms with van der Waals surface area (Å²) in [6.07, 6.45) is 0.539. The molecule has 9 heteroatoms. The van der Waals surface area contributed by atoms with Gasteiger partial charge in [0.05, 0.1) is 22.2 Å². The van der Waals surface area contributed by atoms with Crippen LogP contribution >= 0.6 is 11.6 Å². The van der Waals surface area contributed by atoms with Crippen LogP contribution in [0.4, 0.5) is 11.5 Å². The molecule has 1 aromatic heterocycles. The van der Waals surface area contributed by atoms with E-state index in [1.54, 1.807) is 12.1 Å². The van der Waals surface area contributed by atoms with E-state index in [1.165, 1.54) is 6.07 Å². The second-order valence-corrected chi connectivity index (χ2v) is 9.08. The first-order valence-electron chi connectivity index (χ1n) is 8.12. The van der Waals surface area contributed by atoms with E-state index in [-0.39, 0.29) is 23.2 Å². The average Bonchev–Trinajstić information content (AvgIpc) is 2.90. The molecule has 138 valence electrons. The molecule has 1 atom stereocenters. The van der Waals surface area contributed by atoms with Crippen LogP contribution in [0.3, 0.4) is 0 Å². The van der Waals surface area contributed by atoms with Gasteiger partial charge in [-0.25, -0.2) is 8.42 Å². The summed E-state index contributed by atoms with van der Waals surface area (Å²) in [5.41, 5.74) is 2.56. The maximum Gasteiger partial charge on any atom is 0.276 e. The molecule has 26 heavy (non-hydrogen) atoms. The molecule has 2 N–H and O–H groups in total. The van der Waals surface area contributed by atoms with Gasteiger partial charge in [0.15, 0.2) is 15.5 Å². The smallest absolute Gasteiger partial charge is 0.276 e. The molecule has 0 saturated carbocycles. The van der Waals surface area contributed by atoms with Crippen molar-refractivity contribution in [2.75, 3.05) is 22.1 Å². The quantitative estimate of drug-likeness (QED) is 0.826. The number of aromatic nitrogens is 2. The highest BCUT2D eigenvalue weighted by molar-refractivity contribution is 7.91. The maximum atomic E-state index is 12.4. The molecule has 1 amide bonds. The number of amides is 1. The Hall–Kier alpha value is -2.19. The third-order valence-electron chi connectivity index (χ3n) is 4.15. The van der Waals surface area contributed by atoms with Crippen molar-refractivity contribution in [1.82, 2.24) is 10.2 Å². The van der Waals surface area contributed by atoms with Gasteiger partial charge in [-0.2, -0.15) is 0 Å². The monoisotopic (exact) mass is 394 g/mol. The van der Waals surface area contributed by atoms with Crippen LogP contribution in [0.2, 0.25) is 5.02 Å². The van der Waals surface area contributed by atoms with Gasteiger partial charge in [0.1, 0.15) is 5.82 Å². The Bertz CT molecular complexity index is 922. The first-order chi connectivity index (χ1) is 12.2. The molecule has 3 rings (SSSR count). The molecule has 7 nitrogen and oxygen atoms in total. The Morgan fingerprint density at radius 1 is 1.23 bits per heavy atom. The molecule has 0 radical (unpaired) electrons. The van der Waals surface area contributed by atoms with Crippen LogP contribution in [-0.2, 0) is 9.84 Å². The van der Waals surface area contributed by atoms with Crippen LogP contribution in [0.1, 0.15) is 28.0 Å². The number of carbonyl (C=O) groups is 1. The molecule has 1 aromatic carbocycles. The van der Waals surface area contributed by atoms with E-state index >= 15 is 0 Å². The largest absolute Gasteiger partial charge is 0.365 e. The highest BCUT2D eigenvalue weighted by Crippen LogP contribution is 2.27. The van der Waals surface area contributed by atoms with Crippen LogP contribution < -0.4 is 10.6 Å². The maximum absolute atomic E-state index is 12.4. The molecule has 1 unspecified atom stereocenters. The zero-order valence-electron chi connectivity index (χ0n) is 14.4. The van der Waals surface area contributed by atoms with Crippen molar-refractivity contribution in [2.45, 2.75) is 26.3 Å². The molecule has 0 bridgehead atoms. The van der Waals surface area contributed by atoms with Crippen molar-refractivity contribution >= 4 is 38.9 Å². The number of nitrogens with zero attached hydrogens (tertiary/aromatic N) is 2. The number of anilines is 2. The van der Waals surface area contributed by atoms with Gasteiger partial charge in [0, 0.05) is 6.04 Å². The van der Waals surface area contributed by atoms with Crippen molar-refractivity contribution in [1.29, 1.82) is 0 Å². The number of nitrogens with one attached hydrogen (secondary N) is 2. The normalized spacial score (nSPS) is 18.5. The summed E-state index contributed by atoms with van der Waals surface area (Å²) in [5.74, 6) is 0.284. The minimum absolute atomic E-state index is 0.0854. The van der Waals surface area contributed by atoms with E-state index in [9.17, 15) is 13.2 Å². The SMILES string of the molecule is Cc1cc(C)c(NC(=O)c2ccc(NC3CCS(=O)(=O)C3)nn2)c(Cl)c1. The van der Waals surface area contributed by atoms with Crippen LogP contribution in [-0.4, -0.2) is 42.1 Å². The zero-order valence-corrected chi connectivity index (χ0v) is 16.0. The Labute approximate surface area is 157 Å². The number of hydrogen-bond donors (Lipinski definition) is 2. The predicted molar refractivity (Wildman–Crippen MR) is 102 cm³/mol. The highest BCUT2D eigenvalue weighted by atomic mass is 35.5. The number of benzene rings is 1. The average molecular weight is 395 g/mol. The second-order valence-electron chi connectivity index (χ2n) is 6.44. The summed E-state index contributed by atoms with van der Waals surface area (Å²) in [5, 5.41) is 14.1. The van der Waals surface area contributed by atoms with Crippen molar-refractivity contribution < 1.29 is 13.2 Å². The Morgan fingerprint density at radius 2 is 2.00 bits per heavy atom. The number of sulfone groups is 1. The Morgan fingerprint density at radius 3 is 2.58 bits per heavy atom. The van der Waals surface area contributed by atoms with Crippen molar-refractivity contribution in [3.05, 3.63) is 46.1 Å². The molecule has 1 saturated heterocycles. The Balaban J connectivity index is 1.68. The van der Waals surface area contributed by atoms with Gasteiger partial charge in [-0.05, 0) is 49.6 Å².